The van der Waals surface area contributed by atoms with Gasteiger partial charge in [0.1, 0.15) is 23.1 Å². The number of rotatable bonds is 7. The Morgan fingerprint density at radius 3 is 2.58 bits per heavy atom. The number of hydrogen-bond donors (Lipinski definition) is 0. The molecule has 4 rings (SSSR count). The zero-order valence-corrected chi connectivity index (χ0v) is 18.9. The molecule has 0 N–H and O–H groups in total. The van der Waals surface area contributed by atoms with Gasteiger partial charge in [-0.05, 0) is 50.6 Å². The van der Waals surface area contributed by atoms with Gasteiger partial charge in [-0.15, -0.1) is 11.3 Å². The third kappa shape index (κ3) is 4.61. The summed E-state index contributed by atoms with van der Waals surface area (Å²) in [4.78, 5) is 19.3. The van der Waals surface area contributed by atoms with Gasteiger partial charge in [0.15, 0.2) is 0 Å². The maximum Gasteiger partial charge on any atom is 0.227 e. The van der Waals surface area contributed by atoms with Gasteiger partial charge in [0.25, 0.3) is 0 Å². The molecule has 160 valence electrons. The van der Waals surface area contributed by atoms with Gasteiger partial charge in [0.2, 0.25) is 5.91 Å². The Labute approximate surface area is 185 Å². The molecule has 0 fully saturated rings. The van der Waals surface area contributed by atoms with E-state index < -0.39 is 0 Å². The number of fused-ring (bicyclic) bond motifs is 1. The normalized spacial score (nSPS) is 12.1. The minimum Gasteiger partial charge on any atom is -0.489 e. The Hall–Kier alpha value is -3.19. The molecule has 2 aromatic carbocycles. The van der Waals surface area contributed by atoms with Crippen molar-refractivity contribution in [2.45, 2.75) is 39.8 Å². The topological polar surface area (TPSA) is 68.5 Å². The molecule has 2 aromatic heterocycles. The van der Waals surface area contributed by atoms with Gasteiger partial charge in [-0.2, -0.15) is 0 Å². The Kier molecular flexibility index (Phi) is 6.04. The average molecular weight is 436 g/mol. The second-order valence-electron chi connectivity index (χ2n) is 7.61. The maximum absolute atomic E-state index is 12.8. The van der Waals surface area contributed by atoms with Gasteiger partial charge in [-0.25, -0.2) is 4.98 Å². The van der Waals surface area contributed by atoms with Crippen molar-refractivity contribution < 1.29 is 14.1 Å². The smallest absolute Gasteiger partial charge is 0.227 e. The summed E-state index contributed by atoms with van der Waals surface area (Å²) in [6.07, 6.45) is 0.329. The summed E-state index contributed by atoms with van der Waals surface area (Å²) >= 11 is 1.63. The number of para-hydroxylation sites is 1. The zero-order chi connectivity index (χ0) is 22.0. The van der Waals surface area contributed by atoms with Crippen molar-refractivity contribution in [2.75, 3.05) is 7.05 Å². The van der Waals surface area contributed by atoms with Crippen molar-refractivity contribution in [3.05, 3.63) is 76.1 Å². The molecule has 0 saturated carbocycles. The molecule has 0 aliphatic rings. The SMILES string of the molecule is Cc1noc(C)c1COc1ccc(CC(=O)N(C)C(C)c2nc3ccccc3s2)cc1. The third-order valence-corrected chi connectivity index (χ3v) is 6.69. The Bertz CT molecular complexity index is 1140. The van der Waals surface area contributed by atoms with Crippen LogP contribution in [0, 0.1) is 13.8 Å². The standard InChI is InChI=1S/C24H25N3O3S/c1-15-20(17(3)30-26-15)14-29-19-11-9-18(10-12-19)13-23(28)27(4)16(2)24-25-21-7-5-6-8-22(21)31-24/h5-12,16H,13-14H2,1-4H3. The highest BCUT2D eigenvalue weighted by Crippen LogP contribution is 2.29. The van der Waals surface area contributed by atoms with E-state index in [-0.39, 0.29) is 11.9 Å². The second kappa shape index (κ2) is 8.89. The zero-order valence-electron chi connectivity index (χ0n) is 18.1. The number of aryl methyl sites for hydroxylation is 2. The first-order chi connectivity index (χ1) is 14.9. The lowest BCUT2D eigenvalue weighted by Crippen LogP contribution is -2.30. The van der Waals surface area contributed by atoms with Crippen molar-refractivity contribution in [3.8, 4) is 5.75 Å². The number of benzene rings is 2. The number of thiazole rings is 1. The summed E-state index contributed by atoms with van der Waals surface area (Å²) in [5.74, 6) is 1.56. The van der Waals surface area contributed by atoms with Crippen LogP contribution >= 0.6 is 11.3 Å². The molecule has 1 atom stereocenters. The van der Waals surface area contributed by atoms with Crippen LogP contribution in [0.25, 0.3) is 10.2 Å². The molecule has 0 aliphatic heterocycles. The molecule has 1 unspecified atom stereocenters. The lowest BCUT2D eigenvalue weighted by Gasteiger charge is -2.23. The van der Waals surface area contributed by atoms with E-state index in [9.17, 15) is 4.79 Å². The van der Waals surface area contributed by atoms with Gasteiger partial charge in [-0.1, -0.05) is 29.4 Å². The number of nitrogens with zero attached hydrogens (tertiary/aromatic N) is 3. The first kappa shape index (κ1) is 21.1. The number of hydrogen-bond acceptors (Lipinski definition) is 6. The molecule has 2 heterocycles. The summed E-state index contributed by atoms with van der Waals surface area (Å²) in [5.41, 5.74) is 3.72. The van der Waals surface area contributed by atoms with Crippen LogP contribution in [0.5, 0.6) is 5.75 Å². The number of carbonyl (C=O) groups excluding carboxylic acids is 1. The van der Waals surface area contributed by atoms with Crippen LogP contribution in [0.3, 0.4) is 0 Å². The molecular formula is C24H25N3O3S. The number of likely N-dealkylation sites (N-methyl/N-ethyl adjacent to an activating group) is 1. The van der Waals surface area contributed by atoms with Gasteiger partial charge in [0, 0.05) is 7.05 Å². The molecular weight excluding hydrogens is 410 g/mol. The van der Waals surface area contributed by atoms with E-state index >= 15 is 0 Å². The minimum atomic E-state index is -0.0810. The van der Waals surface area contributed by atoms with Crippen molar-refractivity contribution in [3.63, 3.8) is 0 Å². The Morgan fingerprint density at radius 2 is 1.90 bits per heavy atom. The van der Waals surface area contributed by atoms with E-state index in [1.54, 1.807) is 16.2 Å². The van der Waals surface area contributed by atoms with Crippen LogP contribution in [0.1, 0.15) is 40.6 Å². The fourth-order valence-corrected chi connectivity index (χ4v) is 4.38. The molecule has 1 amide bonds. The molecule has 0 aliphatic carbocycles. The molecule has 0 radical (unpaired) electrons. The number of carbonyl (C=O) groups is 1. The van der Waals surface area contributed by atoms with Crippen LogP contribution in [-0.4, -0.2) is 28.0 Å². The molecule has 4 aromatic rings. The molecule has 7 heteroatoms. The van der Waals surface area contributed by atoms with Gasteiger partial charge in [-0.3, -0.25) is 4.79 Å². The van der Waals surface area contributed by atoms with Crippen molar-refractivity contribution in [1.29, 1.82) is 0 Å². The van der Waals surface area contributed by atoms with E-state index in [0.29, 0.717) is 13.0 Å². The molecule has 31 heavy (non-hydrogen) atoms. The summed E-state index contributed by atoms with van der Waals surface area (Å²) in [5, 5.41) is 4.88. The highest BCUT2D eigenvalue weighted by molar-refractivity contribution is 7.18. The van der Waals surface area contributed by atoms with E-state index in [0.717, 1.165) is 43.6 Å². The Balaban J connectivity index is 1.36. The summed E-state index contributed by atoms with van der Waals surface area (Å²) in [6, 6.07) is 15.6. The van der Waals surface area contributed by atoms with Crippen LogP contribution in [0.15, 0.2) is 53.1 Å². The first-order valence-electron chi connectivity index (χ1n) is 10.2. The monoisotopic (exact) mass is 435 g/mol. The second-order valence-corrected chi connectivity index (χ2v) is 8.67. The number of amides is 1. The molecule has 6 nitrogen and oxygen atoms in total. The number of ether oxygens (including phenoxy) is 1. The molecule has 0 saturated heterocycles. The highest BCUT2D eigenvalue weighted by Gasteiger charge is 2.21. The molecule has 0 bridgehead atoms. The quantitative estimate of drug-likeness (QED) is 0.397. The fraction of sp³-hybridized carbons (Fsp3) is 0.292. The van der Waals surface area contributed by atoms with Crippen molar-refractivity contribution in [2.24, 2.45) is 0 Å². The summed E-state index contributed by atoms with van der Waals surface area (Å²) in [6.45, 7) is 6.19. The average Bonchev–Trinajstić information content (AvgIpc) is 3.35. The van der Waals surface area contributed by atoms with Crippen LogP contribution in [0.2, 0.25) is 0 Å². The fourth-order valence-electron chi connectivity index (χ4n) is 3.32. The van der Waals surface area contributed by atoms with E-state index in [1.807, 2.05) is 70.3 Å². The predicted octanol–water partition coefficient (Wildman–Crippen LogP) is 5.24. The van der Waals surface area contributed by atoms with Crippen molar-refractivity contribution in [1.82, 2.24) is 15.0 Å². The van der Waals surface area contributed by atoms with Gasteiger partial charge < -0.3 is 14.2 Å². The highest BCUT2D eigenvalue weighted by atomic mass is 32.1. The molecule has 0 spiro atoms. The van der Waals surface area contributed by atoms with Gasteiger partial charge in [0.05, 0.1) is 33.9 Å². The van der Waals surface area contributed by atoms with Gasteiger partial charge >= 0.3 is 0 Å². The summed E-state index contributed by atoms with van der Waals surface area (Å²) < 4.78 is 12.1. The van der Waals surface area contributed by atoms with E-state index in [2.05, 4.69) is 16.2 Å². The van der Waals surface area contributed by atoms with E-state index in [4.69, 9.17) is 9.26 Å². The summed E-state index contributed by atoms with van der Waals surface area (Å²) in [7, 11) is 1.83. The maximum atomic E-state index is 12.8. The van der Waals surface area contributed by atoms with Crippen LogP contribution in [0.4, 0.5) is 0 Å². The lowest BCUT2D eigenvalue weighted by molar-refractivity contribution is -0.131. The predicted molar refractivity (Wildman–Crippen MR) is 121 cm³/mol. The largest absolute Gasteiger partial charge is 0.489 e. The number of aromatic nitrogens is 2. The van der Waals surface area contributed by atoms with Crippen LogP contribution in [-0.2, 0) is 17.8 Å². The third-order valence-electron chi connectivity index (χ3n) is 5.49. The Morgan fingerprint density at radius 1 is 1.16 bits per heavy atom. The van der Waals surface area contributed by atoms with E-state index in [1.165, 1.54) is 0 Å². The minimum absolute atomic E-state index is 0.0520. The lowest BCUT2D eigenvalue weighted by atomic mass is 10.1. The van der Waals surface area contributed by atoms with Crippen molar-refractivity contribution >= 4 is 27.5 Å². The first-order valence-corrected chi connectivity index (χ1v) is 11.0. The van der Waals surface area contributed by atoms with Crippen LogP contribution < -0.4 is 4.74 Å².